The van der Waals surface area contributed by atoms with Crippen molar-refractivity contribution in [3.05, 3.63) is 69.2 Å². The molecule has 6 heteroatoms. The van der Waals surface area contributed by atoms with Crippen LogP contribution in [0.3, 0.4) is 0 Å². The van der Waals surface area contributed by atoms with Gasteiger partial charge in [-0.05, 0) is 41.8 Å². The average molecular weight is 379 g/mol. The van der Waals surface area contributed by atoms with E-state index in [1.165, 1.54) is 4.90 Å². The third kappa shape index (κ3) is 5.76. The maximum Gasteiger partial charge on any atom is 0.253 e. The van der Waals surface area contributed by atoms with Crippen LogP contribution in [0.15, 0.2) is 42.5 Å². The number of hydrogen-bond acceptors (Lipinski definition) is 2. The van der Waals surface area contributed by atoms with E-state index in [2.05, 4.69) is 5.32 Å². The van der Waals surface area contributed by atoms with Crippen LogP contribution in [0.25, 0.3) is 0 Å². The van der Waals surface area contributed by atoms with Crippen LogP contribution in [0.1, 0.15) is 27.9 Å². The van der Waals surface area contributed by atoms with Crippen molar-refractivity contribution in [2.45, 2.75) is 19.4 Å². The summed E-state index contributed by atoms with van der Waals surface area (Å²) in [4.78, 5) is 25.3. The van der Waals surface area contributed by atoms with E-state index in [1.807, 2.05) is 18.2 Å². The molecule has 0 spiro atoms. The van der Waals surface area contributed by atoms with Crippen molar-refractivity contribution in [2.24, 2.45) is 0 Å². The van der Waals surface area contributed by atoms with Gasteiger partial charge >= 0.3 is 0 Å². The molecule has 0 bridgehead atoms. The van der Waals surface area contributed by atoms with Gasteiger partial charge in [0.15, 0.2) is 0 Å². The minimum atomic E-state index is -0.0561. The number of nitrogens with zero attached hydrogens (tertiary/aromatic N) is 1. The molecule has 0 aromatic heterocycles. The van der Waals surface area contributed by atoms with Crippen LogP contribution in [0.4, 0.5) is 0 Å². The van der Waals surface area contributed by atoms with E-state index in [-0.39, 0.29) is 11.8 Å². The van der Waals surface area contributed by atoms with E-state index >= 15 is 0 Å². The Balaban J connectivity index is 1.82. The van der Waals surface area contributed by atoms with Crippen LogP contribution in [0.2, 0.25) is 10.0 Å². The lowest BCUT2D eigenvalue weighted by Crippen LogP contribution is -2.23. The Labute approximate surface area is 157 Å². The van der Waals surface area contributed by atoms with Crippen molar-refractivity contribution in [1.29, 1.82) is 0 Å². The number of carbonyl (C=O) groups excluding carboxylic acids is 2. The molecule has 0 saturated heterocycles. The molecule has 2 rings (SSSR count). The molecule has 4 nitrogen and oxygen atoms in total. The number of rotatable bonds is 6. The summed E-state index contributed by atoms with van der Waals surface area (Å²) in [6, 6.07) is 12.5. The first-order chi connectivity index (χ1) is 11.9. The Hall–Kier alpha value is -2.04. The van der Waals surface area contributed by atoms with Gasteiger partial charge in [-0.25, -0.2) is 0 Å². The number of nitrogens with one attached hydrogen (secondary N) is 1. The highest BCUT2D eigenvalue weighted by molar-refractivity contribution is 6.35. The maximum absolute atomic E-state index is 12.0. The zero-order valence-corrected chi connectivity index (χ0v) is 15.7. The monoisotopic (exact) mass is 378 g/mol. The number of benzene rings is 2. The number of amides is 2. The quantitative estimate of drug-likeness (QED) is 0.827. The summed E-state index contributed by atoms with van der Waals surface area (Å²) in [6.45, 7) is 0.420. The molecule has 2 amide bonds. The number of carbonyl (C=O) groups is 2. The second-order valence-corrected chi connectivity index (χ2v) is 6.75. The molecule has 0 aliphatic rings. The Bertz CT molecular complexity index is 759. The van der Waals surface area contributed by atoms with Crippen LogP contribution in [-0.4, -0.2) is 30.8 Å². The van der Waals surface area contributed by atoms with Gasteiger partial charge in [0.25, 0.3) is 5.91 Å². The van der Waals surface area contributed by atoms with Crippen molar-refractivity contribution in [3.63, 3.8) is 0 Å². The lowest BCUT2D eigenvalue weighted by molar-refractivity contribution is -0.121. The lowest BCUT2D eigenvalue weighted by atomic mass is 10.1. The Morgan fingerprint density at radius 1 is 1.04 bits per heavy atom. The normalized spacial score (nSPS) is 10.4. The van der Waals surface area contributed by atoms with Crippen LogP contribution in [0, 0.1) is 0 Å². The van der Waals surface area contributed by atoms with Gasteiger partial charge < -0.3 is 10.2 Å². The minimum Gasteiger partial charge on any atom is -0.352 e. The highest BCUT2D eigenvalue weighted by Gasteiger charge is 2.08. The number of aryl methyl sites for hydroxylation is 1. The second-order valence-electron chi connectivity index (χ2n) is 5.91. The van der Waals surface area contributed by atoms with E-state index in [9.17, 15) is 9.59 Å². The molecule has 1 N–H and O–H groups in total. The topological polar surface area (TPSA) is 49.4 Å². The summed E-state index contributed by atoms with van der Waals surface area (Å²) >= 11 is 12.0. The molecule has 0 heterocycles. The standard InChI is InChI=1S/C19H20Cl2N2O2/c1-23(2)19(25)15-5-3-13(4-6-15)12-22-18(24)10-8-14-7-9-16(20)11-17(14)21/h3-7,9,11H,8,10,12H2,1-2H3,(H,22,24). The molecule has 0 fully saturated rings. The maximum atomic E-state index is 12.0. The fourth-order valence-corrected chi connectivity index (χ4v) is 2.79. The molecular weight excluding hydrogens is 359 g/mol. The second kappa shape index (κ2) is 8.88. The zero-order valence-electron chi connectivity index (χ0n) is 14.2. The van der Waals surface area contributed by atoms with Gasteiger partial charge in [-0.3, -0.25) is 9.59 Å². The largest absolute Gasteiger partial charge is 0.352 e. The number of hydrogen-bond donors (Lipinski definition) is 1. The number of halogens is 2. The third-order valence-electron chi connectivity index (χ3n) is 3.73. The highest BCUT2D eigenvalue weighted by Crippen LogP contribution is 2.22. The predicted octanol–water partition coefficient (Wildman–Crippen LogP) is 3.94. The summed E-state index contributed by atoms with van der Waals surface area (Å²) in [7, 11) is 3.42. The van der Waals surface area contributed by atoms with E-state index in [0.717, 1.165) is 11.1 Å². The summed E-state index contributed by atoms with van der Waals surface area (Å²) in [6.07, 6.45) is 0.899. The summed E-state index contributed by atoms with van der Waals surface area (Å²) in [5, 5.41) is 4.02. The van der Waals surface area contributed by atoms with Gasteiger partial charge in [-0.15, -0.1) is 0 Å². The van der Waals surface area contributed by atoms with Crippen molar-refractivity contribution in [1.82, 2.24) is 10.2 Å². The molecular formula is C19H20Cl2N2O2. The van der Waals surface area contributed by atoms with E-state index in [0.29, 0.717) is 35.0 Å². The Morgan fingerprint density at radius 3 is 2.32 bits per heavy atom. The summed E-state index contributed by atoms with van der Waals surface area (Å²) in [5.74, 6) is -0.102. The van der Waals surface area contributed by atoms with Crippen molar-refractivity contribution in [3.8, 4) is 0 Å². The van der Waals surface area contributed by atoms with Crippen molar-refractivity contribution >= 4 is 35.0 Å². The Kier molecular flexibility index (Phi) is 6.85. The SMILES string of the molecule is CN(C)C(=O)c1ccc(CNC(=O)CCc2ccc(Cl)cc2Cl)cc1. The van der Waals surface area contributed by atoms with E-state index in [1.54, 1.807) is 38.4 Å². The van der Waals surface area contributed by atoms with Crippen molar-refractivity contribution < 1.29 is 9.59 Å². The molecule has 25 heavy (non-hydrogen) atoms. The molecule has 0 aliphatic heterocycles. The van der Waals surface area contributed by atoms with E-state index < -0.39 is 0 Å². The fraction of sp³-hybridized carbons (Fsp3) is 0.263. The predicted molar refractivity (Wildman–Crippen MR) is 101 cm³/mol. The lowest BCUT2D eigenvalue weighted by Gasteiger charge is -2.11. The molecule has 132 valence electrons. The molecule has 0 unspecified atom stereocenters. The molecule has 0 atom stereocenters. The van der Waals surface area contributed by atoms with Crippen LogP contribution >= 0.6 is 23.2 Å². The average Bonchev–Trinajstić information content (AvgIpc) is 2.59. The zero-order chi connectivity index (χ0) is 18.4. The molecule has 2 aromatic carbocycles. The molecule has 0 saturated carbocycles. The van der Waals surface area contributed by atoms with Crippen LogP contribution < -0.4 is 5.32 Å². The van der Waals surface area contributed by atoms with Gasteiger partial charge in [0.2, 0.25) is 5.91 Å². The first-order valence-electron chi connectivity index (χ1n) is 7.88. The first-order valence-corrected chi connectivity index (χ1v) is 8.63. The van der Waals surface area contributed by atoms with Crippen molar-refractivity contribution in [2.75, 3.05) is 14.1 Å². The smallest absolute Gasteiger partial charge is 0.253 e. The summed E-state index contributed by atoms with van der Waals surface area (Å²) < 4.78 is 0. The van der Waals surface area contributed by atoms with Crippen LogP contribution in [0.5, 0.6) is 0 Å². The van der Waals surface area contributed by atoms with Gasteiger partial charge in [0.05, 0.1) is 0 Å². The minimum absolute atomic E-state index is 0.0459. The fourth-order valence-electron chi connectivity index (χ4n) is 2.29. The first kappa shape index (κ1) is 19.3. The molecule has 0 aliphatic carbocycles. The molecule has 2 aromatic rings. The van der Waals surface area contributed by atoms with E-state index in [4.69, 9.17) is 23.2 Å². The van der Waals surface area contributed by atoms with Crippen LogP contribution in [-0.2, 0) is 17.8 Å². The third-order valence-corrected chi connectivity index (χ3v) is 4.32. The van der Waals surface area contributed by atoms with Gasteiger partial charge in [-0.1, -0.05) is 41.4 Å². The van der Waals surface area contributed by atoms with Gasteiger partial charge in [-0.2, -0.15) is 0 Å². The summed E-state index contributed by atoms with van der Waals surface area (Å²) in [5.41, 5.74) is 2.46. The Morgan fingerprint density at radius 2 is 1.72 bits per heavy atom. The van der Waals surface area contributed by atoms with Gasteiger partial charge in [0, 0.05) is 42.7 Å². The molecule has 0 radical (unpaired) electrons. The highest BCUT2D eigenvalue weighted by atomic mass is 35.5. The van der Waals surface area contributed by atoms with Gasteiger partial charge in [0.1, 0.15) is 0 Å².